The fourth-order valence-electron chi connectivity index (χ4n) is 1.24. The van der Waals surface area contributed by atoms with Crippen molar-refractivity contribution in [3.8, 4) is 0 Å². The second-order valence-electron chi connectivity index (χ2n) is 2.92. The highest BCUT2D eigenvalue weighted by Crippen LogP contribution is 2.29. The number of rotatable bonds is 3. The highest BCUT2D eigenvalue weighted by Gasteiger charge is 2.41. The molecule has 0 bridgehead atoms. The highest BCUT2D eigenvalue weighted by atomic mass is 127. The molecule has 1 aliphatic rings. The summed E-state index contributed by atoms with van der Waals surface area (Å²) in [7, 11) is 0. The summed E-state index contributed by atoms with van der Waals surface area (Å²) in [6.07, 6.45) is 0. The predicted octanol–water partition coefficient (Wildman–Crippen LogP) is -0.335. The van der Waals surface area contributed by atoms with Crippen LogP contribution in [0.2, 0.25) is 0 Å². The van der Waals surface area contributed by atoms with Crippen LogP contribution in [-0.2, 0) is 0 Å². The zero-order valence-electron chi connectivity index (χ0n) is 5.76. The van der Waals surface area contributed by atoms with E-state index in [1.807, 2.05) is 0 Å². The summed E-state index contributed by atoms with van der Waals surface area (Å²) in [5.74, 6) is 0. The summed E-state index contributed by atoms with van der Waals surface area (Å²) >= 11 is 2.28. The number of alkyl halides is 1. The number of hydrogen-bond acceptors (Lipinski definition) is 3. The van der Waals surface area contributed by atoms with E-state index in [0.717, 1.165) is 17.6 Å². The molecule has 60 valence electrons. The largest absolute Gasteiger partial charge is 0.396 e. The summed E-state index contributed by atoms with van der Waals surface area (Å²) in [6, 6.07) is 0. The molecule has 1 rings (SSSR count). The smallest absolute Gasteiger partial charge is 0.0534 e. The van der Waals surface area contributed by atoms with E-state index in [1.165, 1.54) is 0 Å². The van der Waals surface area contributed by atoms with Crippen molar-refractivity contribution in [2.75, 3.05) is 30.9 Å². The van der Waals surface area contributed by atoms with Crippen molar-refractivity contribution < 1.29 is 10.2 Å². The van der Waals surface area contributed by atoms with Crippen molar-refractivity contribution in [1.82, 2.24) is 4.90 Å². The molecule has 0 aliphatic carbocycles. The third-order valence-corrected chi connectivity index (χ3v) is 2.92. The van der Waals surface area contributed by atoms with Gasteiger partial charge in [0.05, 0.1) is 17.8 Å². The van der Waals surface area contributed by atoms with E-state index in [-0.39, 0.29) is 18.6 Å². The average molecular weight is 257 g/mol. The number of halogens is 1. The maximum atomic E-state index is 8.86. The number of aliphatic hydroxyl groups excluding tert-OH is 2. The van der Waals surface area contributed by atoms with Gasteiger partial charge in [0.2, 0.25) is 0 Å². The Morgan fingerprint density at radius 3 is 2.10 bits per heavy atom. The molecular formula is C6H12INO2. The first-order valence-corrected chi connectivity index (χ1v) is 4.79. The summed E-state index contributed by atoms with van der Waals surface area (Å²) in [4.78, 5) is 2.19. The van der Waals surface area contributed by atoms with Crippen LogP contribution in [0.3, 0.4) is 0 Å². The SMILES string of the molecule is OCC1(CO)CN(CI)C1. The minimum absolute atomic E-state index is 0.108. The molecule has 0 unspecified atom stereocenters. The molecule has 0 aromatic heterocycles. The zero-order valence-corrected chi connectivity index (χ0v) is 7.91. The van der Waals surface area contributed by atoms with Gasteiger partial charge in [-0.1, -0.05) is 22.6 Å². The first-order chi connectivity index (χ1) is 4.76. The molecule has 0 aromatic rings. The summed E-state index contributed by atoms with van der Waals surface area (Å²) < 4.78 is 0.986. The molecule has 1 heterocycles. The maximum absolute atomic E-state index is 8.86. The zero-order chi connectivity index (χ0) is 7.61. The predicted molar refractivity (Wildman–Crippen MR) is 47.1 cm³/mol. The fraction of sp³-hybridized carbons (Fsp3) is 1.00. The van der Waals surface area contributed by atoms with Gasteiger partial charge in [0.1, 0.15) is 0 Å². The lowest BCUT2D eigenvalue weighted by Crippen LogP contribution is -2.59. The quantitative estimate of drug-likeness (QED) is 0.413. The van der Waals surface area contributed by atoms with Crippen molar-refractivity contribution in [1.29, 1.82) is 0 Å². The van der Waals surface area contributed by atoms with Crippen LogP contribution in [-0.4, -0.2) is 46.0 Å². The third-order valence-electron chi connectivity index (χ3n) is 1.96. The van der Waals surface area contributed by atoms with Crippen LogP contribution in [0.25, 0.3) is 0 Å². The molecule has 0 radical (unpaired) electrons. The molecule has 3 nitrogen and oxygen atoms in total. The lowest BCUT2D eigenvalue weighted by Gasteiger charge is -2.47. The Morgan fingerprint density at radius 2 is 1.80 bits per heavy atom. The first kappa shape index (κ1) is 8.70. The van der Waals surface area contributed by atoms with E-state index in [2.05, 4.69) is 27.5 Å². The number of likely N-dealkylation sites (tertiary alicyclic amines) is 1. The van der Waals surface area contributed by atoms with E-state index >= 15 is 0 Å². The van der Waals surface area contributed by atoms with E-state index in [0.29, 0.717) is 0 Å². The Kier molecular flexibility index (Phi) is 2.91. The van der Waals surface area contributed by atoms with Gasteiger partial charge in [-0.15, -0.1) is 0 Å². The van der Waals surface area contributed by atoms with Crippen molar-refractivity contribution in [2.45, 2.75) is 0 Å². The number of hydrogen-bond donors (Lipinski definition) is 2. The van der Waals surface area contributed by atoms with Crippen LogP contribution >= 0.6 is 22.6 Å². The Labute approximate surface area is 74.2 Å². The second-order valence-corrected chi connectivity index (χ2v) is 3.61. The van der Waals surface area contributed by atoms with Gasteiger partial charge in [-0.2, -0.15) is 0 Å². The van der Waals surface area contributed by atoms with Crippen molar-refractivity contribution in [3.63, 3.8) is 0 Å². The van der Waals surface area contributed by atoms with E-state index in [1.54, 1.807) is 0 Å². The van der Waals surface area contributed by atoms with E-state index in [9.17, 15) is 0 Å². The Balaban J connectivity index is 2.31. The molecule has 10 heavy (non-hydrogen) atoms. The van der Waals surface area contributed by atoms with Crippen molar-refractivity contribution in [3.05, 3.63) is 0 Å². The first-order valence-electron chi connectivity index (χ1n) is 3.26. The molecular weight excluding hydrogens is 245 g/mol. The van der Waals surface area contributed by atoms with E-state index in [4.69, 9.17) is 10.2 Å². The molecule has 4 heteroatoms. The average Bonchev–Trinajstić information content (AvgIpc) is 1.89. The van der Waals surface area contributed by atoms with Gasteiger partial charge in [0.25, 0.3) is 0 Å². The van der Waals surface area contributed by atoms with Gasteiger partial charge in [0, 0.05) is 18.5 Å². The summed E-state index contributed by atoms with van der Waals surface area (Å²) in [5.41, 5.74) is -0.189. The summed E-state index contributed by atoms with van der Waals surface area (Å²) in [5, 5.41) is 17.7. The van der Waals surface area contributed by atoms with Crippen LogP contribution in [0.1, 0.15) is 0 Å². The van der Waals surface area contributed by atoms with Gasteiger partial charge in [0.15, 0.2) is 0 Å². The van der Waals surface area contributed by atoms with Crippen LogP contribution in [0, 0.1) is 5.41 Å². The topological polar surface area (TPSA) is 43.7 Å². The Hall–Kier alpha value is 0.610. The van der Waals surface area contributed by atoms with Crippen LogP contribution < -0.4 is 0 Å². The van der Waals surface area contributed by atoms with Gasteiger partial charge in [-0.05, 0) is 0 Å². The third kappa shape index (κ3) is 1.44. The van der Waals surface area contributed by atoms with Crippen LogP contribution in [0.5, 0.6) is 0 Å². The van der Waals surface area contributed by atoms with Gasteiger partial charge < -0.3 is 10.2 Å². The lowest BCUT2D eigenvalue weighted by atomic mass is 9.82. The highest BCUT2D eigenvalue weighted by molar-refractivity contribution is 14.1. The Bertz CT molecular complexity index is 108. The molecule has 0 atom stereocenters. The van der Waals surface area contributed by atoms with Crippen molar-refractivity contribution in [2.24, 2.45) is 5.41 Å². The van der Waals surface area contributed by atoms with Gasteiger partial charge >= 0.3 is 0 Å². The molecule has 1 aliphatic heterocycles. The van der Waals surface area contributed by atoms with Crippen LogP contribution in [0.15, 0.2) is 0 Å². The maximum Gasteiger partial charge on any atom is 0.0534 e. The van der Waals surface area contributed by atoms with Gasteiger partial charge in [-0.25, -0.2) is 0 Å². The molecule has 0 aromatic carbocycles. The van der Waals surface area contributed by atoms with Gasteiger partial charge in [-0.3, -0.25) is 4.90 Å². The lowest BCUT2D eigenvalue weighted by molar-refractivity contribution is -0.0637. The molecule has 2 N–H and O–H groups in total. The molecule has 1 fully saturated rings. The Morgan fingerprint density at radius 1 is 1.30 bits per heavy atom. The van der Waals surface area contributed by atoms with Crippen molar-refractivity contribution >= 4 is 22.6 Å². The molecule has 0 spiro atoms. The fourth-order valence-corrected chi connectivity index (χ4v) is 1.72. The van der Waals surface area contributed by atoms with E-state index < -0.39 is 0 Å². The minimum atomic E-state index is -0.189. The minimum Gasteiger partial charge on any atom is -0.396 e. The standard InChI is InChI=1S/C6H12INO2/c7-5-8-1-6(2-8,3-9)4-10/h9-10H,1-5H2. The normalized spacial score (nSPS) is 24.3. The molecule has 0 amide bonds. The molecule has 0 saturated carbocycles. The molecule has 1 saturated heterocycles. The summed E-state index contributed by atoms with van der Waals surface area (Å²) in [6.45, 7) is 1.89. The second kappa shape index (κ2) is 3.34. The van der Waals surface area contributed by atoms with Crippen LogP contribution in [0.4, 0.5) is 0 Å². The monoisotopic (exact) mass is 257 g/mol. The number of nitrogens with zero attached hydrogens (tertiary/aromatic N) is 1. The number of aliphatic hydroxyl groups is 2.